The lowest BCUT2D eigenvalue weighted by atomic mass is 10.0. The zero-order valence-electron chi connectivity index (χ0n) is 7.41. The van der Waals surface area contributed by atoms with Crippen molar-refractivity contribution in [3.05, 3.63) is 28.5 Å². The van der Waals surface area contributed by atoms with Crippen molar-refractivity contribution >= 4 is 15.9 Å². The maximum Gasteiger partial charge on any atom is 0.106 e. The summed E-state index contributed by atoms with van der Waals surface area (Å²) < 4.78 is 0.872. The molecule has 1 aromatic heterocycles. The fourth-order valence-corrected chi connectivity index (χ4v) is 1.88. The van der Waals surface area contributed by atoms with E-state index in [2.05, 4.69) is 20.9 Å². The summed E-state index contributed by atoms with van der Waals surface area (Å²) >= 11 is 3.35. The Morgan fingerprint density at radius 3 is 3.00 bits per heavy atom. The summed E-state index contributed by atoms with van der Waals surface area (Å²) in [6, 6.07) is 4.19. The molecule has 0 saturated heterocycles. The van der Waals surface area contributed by atoms with Gasteiger partial charge >= 0.3 is 0 Å². The van der Waals surface area contributed by atoms with E-state index in [-0.39, 0.29) is 6.04 Å². The zero-order valence-corrected chi connectivity index (χ0v) is 9.00. The molecule has 1 aliphatic carbocycles. The molecule has 1 saturated carbocycles. The number of halogens is 1. The predicted octanol–water partition coefficient (Wildman–Crippen LogP) is 2.64. The Morgan fingerprint density at radius 2 is 2.38 bits per heavy atom. The van der Waals surface area contributed by atoms with Crippen LogP contribution in [0.3, 0.4) is 0 Å². The van der Waals surface area contributed by atoms with Crippen LogP contribution >= 0.6 is 15.9 Å². The van der Waals surface area contributed by atoms with Crippen molar-refractivity contribution in [3.63, 3.8) is 0 Å². The normalized spacial score (nSPS) is 18.6. The summed E-state index contributed by atoms with van der Waals surface area (Å²) in [7, 11) is 0. The van der Waals surface area contributed by atoms with E-state index < -0.39 is 0 Å². The van der Waals surface area contributed by atoms with Crippen molar-refractivity contribution in [2.45, 2.75) is 25.3 Å². The van der Waals surface area contributed by atoms with Gasteiger partial charge in [0.05, 0.1) is 0 Å². The third-order valence-corrected chi connectivity index (χ3v) is 2.90. The first-order chi connectivity index (χ1) is 6.25. The Balaban J connectivity index is 2.04. The molecule has 0 aromatic carbocycles. The minimum absolute atomic E-state index is 0.187. The smallest absolute Gasteiger partial charge is 0.106 e. The molecule has 0 aliphatic heterocycles. The minimum atomic E-state index is 0.187. The molecule has 2 nitrogen and oxygen atoms in total. The summed E-state index contributed by atoms with van der Waals surface area (Å²) in [5, 5.41) is 0. The second-order valence-corrected chi connectivity index (χ2v) is 4.51. The number of pyridine rings is 1. The van der Waals surface area contributed by atoms with Crippen molar-refractivity contribution in [1.82, 2.24) is 4.98 Å². The molecule has 0 amide bonds. The molecule has 0 unspecified atom stereocenters. The molecule has 3 heteroatoms. The van der Waals surface area contributed by atoms with Crippen molar-refractivity contribution in [1.29, 1.82) is 0 Å². The maximum absolute atomic E-state index is 6.06. The van der Waals surface area contributed by atoms with E-state index in [1.54, 1.807) is 6.20 Å². The van der Waals surface area contributed by atoms with E-state index in [0.717, 1.165) is 16.9 Å². The highest BCUT2D eigenvalue weighted by atomic mass is 79.9. The molecule has 13 heavy (non-hydrogen) atoms. The zero-order chi connectivity index (χ0) is 9.26. The van der Waals surface area contributed by atoms with Gasteiger partial charge in [-0.15, -0.1) is 0 Å². The molecule has 1 aliphatic rings. The molecule has 0 bridgehead atoms. The lowest BCUT2D eigenvalue weighted by Gasteiger charge is -2.10. The molecule has 2 rings (SSSR count). The van der Waals surface area contributed by atoms with Crippen LogP contribution in [0.25, 0.3) is 0 Å². The lowest BCUT2D eigenvalue weighted by Crippen LogP contribution is -2.10. The van der Waals surface area contributed by atoms with E-state index in [1.165, 1.54) is 18.4 Å². The number of hydrogen-bond acceptors (Lipinski definition) is 2. The molecule has 1 aromatic rings. The van der Waals surface area contributed by atoms with Crippen molar-refractivity contribution in [2.24, 2.45) is 11.7 Å². The Kier molecular flexibility index (Phi) is 2.65. The topological polar surface area (TPSA) is 38.9 Å². The van der Waals surface area contributed by atoms with Crippen molar-refractivity contribution in [2.75, 3.05) is 0 Å². The summed E-state index contributed by atoms with van der Waals surface area (Å²) in [6.45, 7) is 0. The Morgan fingerprint density at radius 1 is 1.62 bits per heavy atom. The monoisotopic (exact) mass is 240 g/mol. The van der Waals surface area contributed by atoms with E-state index >= 15 is 0 Å². The van der Waals surface area contributed by atoms with Gasteiger partial charge in [0.25, 0.3) is 0 Å². The maximum atomic E-state index is 6.06. The number of nitrogens with two attached hydrogens (primary N) is 1. The molecular weight excluding hydrogens is 228 g/mol. The van der Waals surface area contributed by atoms with Gasteiger partial charge in [-0.05, 0) is 46.0 Å². The summed E-state index contributed by atoms with van der Waals surface area (Å²) in [5.41, 5.74) is 7.24. The van der Waals surface area contributed by atoms with Crippen LogP contribution in [0.15, 0.2) is 22.9 Å². The van der Waals surface area contributed by atoms with Crippen LogP contribution in [0.2, 0.25) is 0 Å². The first-order valence-electron chi connectivity index (χ1n) is 4.63. The van der Waals surface area contributed by atoms with E-state index in [4.69, 9.17) is 5.73 Å². The molecule has 1 heterocycles. The highest BCUT2D eigenvalue weighted by Gasteiger charge is 2.24. The fraction of sp³-hybridized carbons (Fsp3) is 0.500. The second-order valence-electron chi connectivity index (χ2n) is 3.70. The number of rotatable bonds is 3. The predicted molar refractivity (Wildman–Crippen MR) is 56.2 cm³/mol. The molecule has 2 N–H and O–H groups in total. The van der Waals surface area contributed by atoms with Gasteiger partial charge in [0.1, 0.15) is 4.60 Å². The summed E-state index contributed by atoms with van der Waals surface area (Å²) in [4.78, 5) is 4.08. The quantitative estimate of drug-likeness (QED) is 0.826. The van der Waals surface area contributed by atoms with E-state index in [1.807, 2.05) is 12.1 Å². The molecule has 0 radical (unpaired) electrons. The molecule has 1 fully saturated rings. The van der Waals surface area contributed by atoms with Gasteiger partial charge in [-0.3, -0.25) is 0 Å². The second kappa shape index (κ2) is 3.76. The van der Waals surface area contributed by atoms with Gasteiger partial charge < -0.3 is 5.73 Å². The number of nitrogens with zero attached hydrogens (tertiary/aromatic N) is 1. The number of aromatic nitrogens is 1. The Bertz CT molecular complexity index is 297. The van der Waals surface area contributed by atoms with Gasteiger partial charge in [-0.1, -0.05) is 12.8 Å². The summed E-state index contributed by atoms with van der Waals surface area (Å²) in [6.07, 6.45) is 5.64. The van der Waals surface area contributed by atoms with Crippen molar-refractivity contribution in [3.8, 4) is 0 Å². The number of hydrogen-bond donors (Lipinski definition) is 1. The first-order valence-corrected chi connectivity index (χ1v) is 5.42. The van der Waals surface area contributed by atoms with Crippen LogP contribution in [0.5, 0.6) is 0 Å². The minimum Gasteiger partial charge on any atom is -0.324 e. The summed E-state index contributed by atoms with van der Waals surface area (Å²) in [5.74, 6) is 0.877. The lowest BCUT2D eigenvalue weighted by molar-refractivity contribution is 0.596. The fourth-order valence-electron chi connectivity index (χ4n) is 1.50. The molecule has 0 spiro atoms. The third-order valence-electron chi connectivity index (χ3n) is 2.46. The SMILES string of the molecule is N[C@@H](CC1CC1)c1ccnc(Br)c1. The molecular formula is C10H13BrN2. The van der Waals surface area contributed by atoms with E-state index in [0.29, 0.717) is 0 Å². The highest BCUT2D eigenvalue weighted by molar-refractivity contribution is 9.10. The van der Waals surface area contributed by atoms with Gasteiger partial charge in [-0.2, -0.15) is 0 Å². The van der Waals surface area contributed by atoms with Gasteiger partial charge in [-0.25, -0.2) is 4.98 Å². The Hall–Kier alpha value is -0.410. The Labute approximate surface area is 86.7 Å². The average molecular weight is 241 g/mol. The van der Waals surface area contributed by atoms with Crippen LogP contribution in [0.1, 0.15) is 30.9 Å². The van der Waals surface area contributed by atoms with Crippen LogP contribution < -0.4 is 5.73 Å². The van der Waals surface area contributed by atoms with Crippen LogP contribution in [0.4, 0.5) is 0 Å². The highest BCUT2D eigenvalue weighted by Crippen LogP contribution is 2.36. The first kappa shape index (κ1) is 9.16. The molecule has 1 atom stereocenters. The van der Waals surface area contributed by atoms with Crippen LogP contribution in [0, 0.1) is 5.92 Å². The van der Waals surface area contributed by atoms with Gasteiger partial charge in [0.15, 0.2) is 0 Å². The van der Waals surface area contributed by atoms with Crippen LogP contribution in [-0.4, -0.2) is 4.98 Å². The molecule has 70 valence electrons. The largest absolute Gasteiger partial charge is 0.324 e. The van der Waals surface area contributed by atoms with Gasteiger partial charge in [0.2, 0.25) is 0 Å². The standard InChI is InChI=1S/C10H13BrN2/c11-10-6-8(3-4-13-10)9(12)5-7-1-2-7/h3-4,6-7,9H,1-2,5,12H2/t9-/m0/s1. The van der Waals surface area contributed by atoms with Gasteiger partial charge in [0, 0.05) is 12.2 Å². The van der Waals surface area contributed by atoms with E-state index in [9.17, 15) is 0 Å². The van der Waals surface area contributed by atoms with Crippen molar-refractivity contribution < 1.29 is 0 Å². The average Bonchev–Trinajstić information content (AvgIpc) is 2.88. The third kappa shape index (κ3) is 2.51. The van der Waals surface area contributed by atoms with Crippen LogP contribution in [-0.2, 0) is 0 Å².